The molecule has 148 valence electrons. The van der Waals surface area contributed by atoms with Gasteiger partial charge in [-0.1, -0.05) is 36.7 Å². The predicted octanol–water partition coefficient (Wildman–Crippen LogP) is 4.64. The van der Waals surface area contributed by atoms with Gasteiger partial charge in [-0.2, -0.15) is 5.26 Å². The Labute approximate surface area is 169 Å². The number of hydrogen-bond donors (Lipinski definition) is 2. The van der Waals surface area contributed by atoms with E-state index in [1.54, 1.807) is 36.4 Å². The molecule has 0 bridgehead atoms. The number of benzene rings is 2. The highest BCUT2D eigenvalue weighted by atomic mass is 35.5. The molecule has 0 fully saturated rings. The number of nitriles is 1. The maximum Gasteiger partial charge on any atom is 0.218 e. The smallest absolute Gasteiger partial charge is 0.218 e. The van der Waals surface area contributed by atoms with E-state index in [0.29, 0.717) is 17.7 Å². The van der Waals surface area contributed by atoms with Gasteiger partial charge in [0.25, 0.3) is 0 Å². The average molecular weight is 404 g/mol. The van der Waals surface area contributed by atoms with E-state index in [9.17, 15) is 4.79 Å². The number of carbonyl (C=O) groups is 1. The molecule has 2 aromatic carbocycles. The minimum Gasteiger partial charge on any atom is -0.453 e. The van der Waals surface area contributed by atoms with Crippen molar-refractivity contribution in [1.82, 2.24) is 5.32 Å². The minimum absolute atomic E-state index is 0.0602. The molecule has 7 heteroatoms. The molecule has 0 saturated heterocycles. The third kappa shape index (κ3) is 5.69. The minimum atomic E-state index is -0.556. The second kappa shape index (κ2) is 10.1. The maximum absolute atomic E-state index is 15.2. The van der Waals surface area contributed by atoms with Crippen LogP contribution in [-0.4, -0.2) is 11.9 Å². The molecule has 1 amide bonds. The SMILES string of the molecule is CC[C@@H](N[C@H](C)CC(N)=O)c1ccc(Cl)c(Oc2ccc(CC#N)cc2)c1F. The molecule has 0 heterocycles. The van der Waals surface area contributed by atoms with Gasteiger partial charge in [-0.15, -0.1) is 0 Å². The van der Waals surface area contributed by atoms with E-state index in [1.807, 2.05) is 13.8 Å². The zero-order valence-electron chi connectivity index (χ0n) is 15.8. The molecule has 5 nitrogen and oxygen atoms in total. The van der Waals surface area contributed by atoms with Crippen molar-refractivity contribution in [2.24, 2.45) is 5.73 Å². The first-order chi connectivity index (χ1) is 13.3. The van der Waals surface area contributed by atoms with Gasteiger partial charge in [0.1, 0.15) is 5.75 Å². The monoisotopic (exact) mass is 403 g/mol. The van der Waals surface area contributed by atoms with Crippen LogP contribution >= 0.6 is 11.6 Å². The van der Waals surface area contributed by atoms with Gasteiger partial charge in [-0.05, 0) is 37.1 Å². The normalized spacial score (nSPS) is 12.8. The van der Waals surface area contributed by atoms with Crippen molar-refractivity contribution < 1.29 is 13.9 Å². The number of carbonyl (C=O) groups excluding carboxylic acids is 1. The fourth-order valence-corrected chi connectivity index (χ4v) is 3.11. The summed E-state index contributed by atoms with van der Waals surface area (Å²) in [5.74, 6) is -0.618. The second-order valence-corrected chi connectivity index (χ2v) is 6.97. The summed E-state index contributed by atoms with van der Waals surface area (Å²) < 4.78 is 20.9. The van der Waals surface area contributed by atoms with Crippen molar-refractivity contribution in [1.29, 1.82) is 5.26 Å². The molecule has 2 rings (SSSR count). The van der Waals surface area contributed by atoms with Crippen LogP contribution in [0, 0.1) is 17.1 Å². The van der Waals surface area contributed by atoms with Crippen LogP contribution in [0.25, 0.3) is 0 Å². The van der Waals surface area contributed by atoms with Gasteiger partial charge in [-0.3, -0.25) is 4.79 Å². The number of nitrogens with one attached hydrogen (secondary N) is 1. The standard InChI is InChI=1S/C21H23ClFN3O2/c1-3-18(26-13(2)12-19(25)27)16-8-9-17(22)21(20(16)23)28-15-6-4-14(5-7-15)10-11-24/h4-9,13,18,26H,3,10,12H2,1-2H3,(H2,25,27)/t13-,18-/m1/s1. The Kier molecular flexibility index (Phi) is 7.80. The fourth-order valence-electron chi connectivity index (χ4n) is 2.93. The Balaban J connectivity index is 2.26. The van der Waals surface area contributed by atoms with Crippen molar-refractivity contribution in [2.45, 2.75) is 45.2 Å². The molecule has 28 heavy (non-hydrogen) atoms. The van der Waals surface area contributed by atoms with Gasteiger partial charge in [-0.25, -0.2) is 4.39 Å². The number of nitrogens with zero attached hydrogens (tertiary/aromatic N) is 1. The summed E-state index contributed by atoms with van der Waals surface area (Å²) in [4.78, 5) is 11.1. The summed E-state index contributed by atoms with van der Waals surface area (Å²) in [6.45, 7) is 3.73. The van der Waals surface area contributed by atoms with E-state index in [4.69, 9.17) is 27.3 Å². The predicted molar refractivity (Wildman–Crippen MR) is 107 cm³/mol. The molecule has 0 aliphatic carbocycles. The molecule has 0 unspecified atom stereocenters. The van der Waals surface area contributed by atoms with Crippen LogP contribution in [0.5, 0.6) is 11.5 Å². The zero-order chi connectivity index (χ0) is 20.7. The molecule has 2 atom stereocenters. The van der Waals surface area contributed by atoms with Gasteiger partial charge in [0.15, 0.2) is 11.6 Å². The topological polar surface area (TPSA) is 88.1 Å². The Bertz CT molecular complexity index is 865. The molecule has 2 aromatic rings. The van der Waals surface area contributed by atoms with E-state index in [1.165, 1.54) is 0 Å². The van der Waals surface area contributed by atoms with E-state index < -0.39 is 11.7 Å². The van der Waals surface area contributed by atoms with Crippen LogP contribution in [0.15, 0.2) is 36.4 Å². The van der Waals surface area contributed by atoms with Gasteiger partial charge in [0.05, 0.1) is 17.5 Å². The number of rotatable bonds is 9. The molecule has 0 saturated carbocycles. The van der Waals surface area contributed by atoms with Crippen LogP contribution in [0.4, 0.5) is 4.39 Å². The van der Waals surface area contributed by atoms with Crippen molar-refractivity contribution in [2.75, 3.05) is 0 Å². The second-order valence-electron chi connectivity index (χ2n) is 6.56. The molecule has 0 aliphatic rings. The molecule has 0 aliphatic heterocycles. The summed E-state index contributed by atoms with van der Waals surface area (Å²) in [6.07, 6.45) is 1.05. The third-order valence-corrected chi connectivity index (χ3v) is 4.58. The van der Waals surface area contributed by atoms with Gasteiger partial charge in [0.2, 0.25) is 5.91 Å². The summed E-state index contributed by atoms with van der Waals surface area (Å²) in [7, 11) is 0. The first-order valence-corrected chi connectivity index (χ1v) is 9.39. The van der Waals surface area contributed by atoms with Gasteiger partial charge < -0.3 is 15.8 Å². The lowest BCUT2D eigenvalue weighted by Gasteiger charge is -2.23. The summed E-state index contributed by atoms with van der Waals surface area (Å²) in [6, 6.07) is 11.6. The molecule has 0 spiro atoms. The number of nitrogens with two attached hydrogens (primary N) is 1. The fraction of sp³-hybridized carbons (Fsp3) is 0.333. The Hall–Kier alpha value is -2.62. The van der Waals surface area contributed by atoms with E-state index in [0.717, 1.165) is 5.56 Å². The van der Waals surface area contributed by atoms with Crippen LogP contribution < -0.4 is 15.8 Å². The van der Waals surface area contributed by atoms with Gasteiger partial charge >= 0.3 is 0 Å². The largest absolute Gasteiger partial charge is 0.453 e. The van der Waals surface area contributed by atoms with E-state index in [-0.39, 0.29) is 35.7 Å². The summed E-state index contributed by atoms with van der Waals surface area (Å²) in [5, 5.41) is 12.1. The average Bonchev–Trinajstić information content (AvgIpc) is 2.64. The highest BCUT2D eigenvalue weighted by molar-refractivity contribution is 6.32. The van der Waals surface area contributed by atoms with Crippen LogP contribution in [-0.2, 0) is 11.2 Å². The first kappa shape index (κ1) is 21.7. The summed E-state index contributed by atoms with van der Waals surface area (Å²) in [5.41, 5.74) is 6.47. The van der Waals surface area contributed by atoms with Crippen molar-refractivity contribution in [3.63, 3.8) is 0 Å². The van der Waals surface area contributed by atoms with Gasteiger partial charge in [0, 0.05) is 24.1 Å². The van der Waals surface area contributed by atoms with E-state index in [2.05, 4.69) is 11.4 Å². The maximum atomic E-state index is 15.2. The van der Waals surface area contributed by atoms with Crippen LogP contribution in [0.1, 0.15) is 43.9 Å². The van der Waals surface area contributed by atoms with Crippen molar-refractivity contribution >= 4 is 17.5 Å². The quantitative estimate of drug-likeness (QED) is 0.638. The Morgan fingerprint density at radius 3 is 2.57 bits per heavy atom. The van der Waals surface area contributed by atoms with Crippen molar-refractivity contribution in [3.05, 3.63) is 58.4 Å². The lowest BCUT2D eigenvalue weighted by atomic mass is 10.0. The molecule has 0 radical (unpaired) electrons. The van der Waals surface area contributed by atoms with Crippen LogP contribution in [0.2, 0.25) is 5.02 Å². The molecular formula is C21H23ClFN3O2. The Morgan fingerprint density at radius 1 is 1.32 bits per heavy atom. The first-order valence-electron chi connectivity index (χ1n) is 9.01. The number of amides is 1. The lowest BCUT2D eigenvalue weighted by molar-refractivity contribution is -0.118. The summed E-state index contributed by atoms with van der Waals surface area (Å²) >= 11 is 6.17. The molecule has 3 N–H and O–H groups in total. The number of hydrogen-bond acceptors (Lipinski definition) is 4. The number of primary amides is 1. The van der Waals surface area contributed by atoms with Crippen molar-refractivity contribution in [3.8, 4) is 17.6 Å². The number of halogens is 2. The van der Waals surface area contributed by atoms with Crippen LogP contribution in [0.3, 0.4) is 0 Å². The Morgan fingerprint density at radius 2 is 2.00 bits per heavy atom. The number of ether oxygens (including phenoxy) is 1. The highest BCUT2D eigenvalue weighted by Crippen LogP contribution is 2.36. The zero-order valence-corrected chi connectivity index (χ0v) is 16.6. The highest BCUT2D eigenvalue weighted by Gasteiger charge is 2.22. The molecular weight excluding hydrogens is 381 g/mol. The third-order valence-electron chi connectivity index (χ3n) is 4.28. The van der Waals surface area contributed by atoms with E-state index >= 15 is 4.39 Å². The lowest BCUT2D eigenvalue weighted by Crippen LogP contribution is -2.34. The molecule has 0 aromatic heterocycles.